The molecule has 0 aliphatic carbocycles. The van der Waals surface area contributed by atoms with Gasteiger partial charge in [0.1, 0.15) is 0 Å². The molecule has 0 saturated heterocycles. The van der Waals surface area contributed by atoms with Crippen molar-refractivity contribution < 1.29 is 19.4 Å². The minimum absolute atomic E-state index is 0.0224. The molecule has 0 aromatic carbocycles. The van der Waals surface area contributed by atoms with E-state index < -0.39 is 0 Å². The number of amides is 1. The van der Waals surface area contributed by atoms with Gasteiger partial charge in [-0.1, -0.05) is 20.8 Å². The highest BCUT2D eigenvalue weighted by Gasteiger charge is 2.21. The number of nitrogens with zero attached hydrogens (tertiary/aromatic N) is 1. The highest BCUT2D eigenvalue weighted by molar-refractivity contribution is 5.78. The maximum Gasteiger partial charge on any atom is 0.310 e. The van der Waals surface area contributed by atoms with Crippen molar-refractivity contribution in [3.8, 4) is 0 Å². The Morgan fingerprint density at radius 2 is 1.89 bits per heavy atom. The van der Waals surface area contributed by atoms with Crippen LogP contribution in [0.4, 0.5) is 0 Å². The van der Waals surface area contributed by atoms with Crippen molar-refractivity contribution in [1.29, 1.82) is 0 Å². The molecule has 0 fully saturated rings. The summed E-state index contributed by atoms with van der Waals surface area (Å²) in [5.74, 6) is -0.358. The number of hydrogen-bond donors (Lipinski definition) is 1. The number of ether oxygens (including phenoxy) is 1. The van der Waals surface area contributed by atoms with Crippen molar-refractivity contribution in [3.05, 3.63) is 0 Å². The molecule has 0 radical (unpaired) electrons. The van der Waals surface area contributed by atoms with Crippen molar-refractivity contribution >= 4 is 11.9 Å². The first-order valence-electron chi connectivity index (χ1n) is 6.38. The summed E-state index contributed by atoms with van der Waals surface area (Å²) >= 11 is 0. The highest BCUT2D eigenvalue weighted by Crippen LogP contribution is 2.09. The van der Waals surface area contributed by atoms with Crippen LogP contribution in [-0.4, -0.2) is 48.7 Å². The van der Waals surface area contributed by atoms with Crippen molar-refractivity contribution in [1.82, 2.24) is 4.90 Å². The van der Waals surface area contributed by atoms with Gasteiger partial charge in [0.25, 0.3) is 0 Å². The van der Waals surface area contributed by atoms with Gasteiger partial charge in [0.15, 0.2) is 0 Å². The van der Waals surface area contributed by atoms with Crippen LogP contribution in [0.25, 0.3) is 0 Å². The summed E-state index contributed by atoms with van der Waals surface area (Å²) in [5, 5.41) is 8.84. The molecule has 0 aromatic heterocycles. The second-order valence-electron chi connectivity index (χ2n) is 4.94. The lowest BCUT2D eigenvalue weighted by Crippen LogP contribution is -2.38. The van der Waals surface area contributed by atoms with Crippen molar-refractivity contribution in [2.45, 2.75) is 33.6 Å². The summed E-state index contributed by atoms with van der Waals surface area (Å²) in [5.41, 5.74) is 0. The van der Waals surface area contributed by atoms with Gasteiger partial charge in [0, 0.05) is 26.1 Å². The van der Waals surface area contributed by atoms with Crippen molar-refractivity contribution in [2.24, 2.45) is 11.8 Å². The van der Waals surface area contributed by atoms with Crippen LogP contribution >= 0.6 is 0 Å². The number of rotatable bonds is 8. The number of carbonyl (C=O) groups excluding carboxylic acids is 2. The second-order valence-corrected chi connectivity index (χ2v) is 4.94. The van der Waals surface area contributed by atoms with Gasteiger partial charge in [0.2, 0.25) is 5.91 Å². The number of esters is 1. The molecule has 5 nitrogen and oxygen atoms in total. The Morgan fingerprint density at radius 1 is 1.28 bits per heavy atom. The molecule has 1 N–H and O–H groups in total. The molecule has 0 heterocycles. The third-order valence-electron chi connectivity index (χ3n) is 2.62. The van der Waals surface area contributed by atoms with E-state index in [1.807, 2.05) is 13.8 Å². The van der Waals surface area contributed by atoms with Gasteiger partial charge in [-0.25, -0.2) is 0 Å². The summed E-state index contributed by atoms with van der Waals surface area (Å²) < 4.78 is 4.65. The highest BCUT2D eigenvalue weighted by atomic mass is 16.5. The third kappa shape index (κ3) is 6.59. The van der Waals surface area contributed by atoms with Gasteiger partial charge in [-0.3, -0.25) is 9.59 Å². The van der Waals surface area contributed by atoms with Crippen LogP contribution in [0.5, 0.6) is 0 Å². The predicted octanol–water partition coefficient (Wildman–Crippen LogP) is 1.05. The fourth-order valence-corrected chi connectivity index (χ4v) is 1.66. The maximum absolute atomic E-state index is 12.0. The van der Waals surface area contributed by atoms with Crippen LogP contribution in [0.3, 0.4) is 0 Å². The molecule has 0 saturated carbocycles. The first-order chi connectivity index (χ1) is 8.42. The number of aliphatic hydroxyl groups excluding tert-OH is 1. The monoisotopic (exact) mass is 259 g/mol. The van der Waals surface area contributed by atoms with Crippen LogP contribution in [0, 0.1) is 11.8 Å². The molecule has 1 unspecified atom stereocenters. The molecule has 1 amide bonds. The molecule has 18 heavy (non-hydrogen) atoms. The van der Waals surface area contributed by atoms with E-state index in [4.69, 9.17) is 5.11 Å². The molecule has 106 valence electrons. The number of methoxy groups -OCH3 is 1. The second kappa shape index (κ2) is 8.91. The van der Waals surface area contributed by atoms with Crippen molar-refractivity contribution in [3.63, 3.8) is 0 Å². The maximum atomic E-state index is 12.0. The smallest absolute Gasteiger partial charge is 0.310 e. The van der Waals surface area contributed by atoms with Crippen LogP contribution in [0.1, 0.15) is 33.6 Å². The minimum Gasteiger partial charge on any atom is -0.469 e. The largest absolute Gasteiger partial charge is 0.469 e. The summed E-state index contributed by atoms with van der Waals surface area (Å²) in [7, 11) is 1.34. The zero-order chi connectivity index (χ0) is 14.1. The number of carbonyl (C=O) groups is 2. The fourth-order valence-electron chi connectivity index (χ4n) is 1.66. The molecule has 5 heteroatoms. The molecule has 0 rings (SSSR count). The van der Waals surface area contributed by atoms with Gasteiger partial charge in [0.05, 0.1) is 13.0 Å². The summed E-state index contributed by atoms with van der Waals surface area (Å²) in [6.07, 6.45) is 0.983. The number of aliphatic hydroxyl groups is 1. The molecule has 0 aromatic rings. The molecule has 0 spiro atoms. The van der Waals surface area contributed by atoms with Crippen LogP contribution in [0.15, 0.2) is 0 Å². The Kier molecular flexibility index (Phi) is 8.37. The van der Waals surface area contributed by atoms with Gasteiger partial charge in [-0.2, -0.15) is 0 Å². The van der Waals surface area contributed by atoms with E-state index in [1.165, 1.54) is 7.11 Å². The average Bonchev–Trinajstić information content (AvgIpc) is 2.31. The van der Waals surface area contributed by atoms with Crippen LogP contribution in [0.2, 0.25) is 0 Å². The Hall–Kier alpha value is -1.10. The summed E-state index contributed by atoms with van der Waals surface area (Å²) in [4.78, 5) is 25.0. The average molecular weight is 259 g/mol. The van der Waals surface area contributed by atoms with Crippen LogP contribution in [-0.2, 0) is 14.3 Å². The minimum atomic E-state index is -0.343. The molecule has 0 aliphatic rings. The van der Waals surface area contributed by atoms with E-state index in [0.29, 0.717) is 25.9 Å². The SMILES string of the molecule is COC(=O)C(C)CN(CCCO)C(=O)CC(C)C. The first-order valence-corrected chi connectivity index (χ1v) is 6.38. The van der Waals surface area contributed by atoms with E-state index in [2.05, 4.69) is 4.74 Å². The lowest BCUT2D eigenvalue weighted by molar-refractivity contribution is -0.146. The Bertz CT molecular complexity index is 266. The third-order valence-corrected chi connectivity index (χ3v) is 2.62. The van der Waals surface area contributed by atoms with E-state index >= 15 is 0 Å². The summed E-state index contributed by atoms with van der Waals surface area (Å²) in [6.45, 7) is 6.55. The van der Waals surface area contributed by atoms with Crippen molar-refractivity contribution in [2.75, 3.05) is 26.8 Å². The lowest BCUT2D eigenvalue weighted by atomic mass is 10.1. The standard InChI is InChI=1S/C13H25NO4/c1-10(2)8-12(16)14(6-5-7-15)9-11(3)13(17)18-4/h10-11,15H,5-9H2,1-4H3. The number of hydrogen-bond acceptors (Lipinski definition) is 4. The Labute approximate surface area is 109 Å². The fraction of sp³-hybridized carbons (Fsp3) is 0.846. The quantitative estimate of drug-likeness (QED) is 0.662. The van der Waals surface area contributed by atoms with Gasteiger partial charge < -0.3 is 14.7 Å². The normalized spacial score (nSPS) is 12.3. The molecular weight excluding hydrogens is 234 g/mol. The summed E-state index contributed by atoms with van der Waals surface area (Å²) in [6, 6.07) is 0. The molecule has 0 aliphatic heterocycles. The Balaban J connectivity index is 4.47. The van der Waals surface area contributed by atoms with E-state index in [0.717, 1.165) is 0 Å². The first kappa shape index (κ1) is 16.9. The van der Waals surface area contributed by atoms with Crippen LogP contribution < -0.4 is 0 Å². The zero-order valence-electron chi connectivity index (χ0n) is 11.8. The van der Waals surface area contributed by atoms with Gasteiger partial charge in [-0.15, -0.1) is 0 Å². The Morgan fingerprint density at radius 3 is 2.33 bits per heavy atom. The van der Waals surface area contributed by atoms with E-state index in [9.17, 15) is 9.59 Å². The topological polar surface area (TPSA) is 66.8 Å². The zero-order valence-corrected chi connectivity index (χ0v) is 11.8. The van der Waals surface area contributed by atoms with E-state index in [1.54, 1.807) is 11.8 Å². The van der Waals surface area contributed by atoms with Gasteiger partial charge >= 0.3 is 5.97 Å². The molecular formula is C13H25NO4. The van der Waals surface area contributed by atoms with Gasteiger partial charge in [-0.05, 0) is 12.3 Å². The molecule has 1 atom stereocenters. The predicted molar refractivity (Wildman–Crippen MR) is 68.9 cm³/mol. The van der Waals surface area contributed by atoms with E-state index in [-0.39, 0.29) is 30.3 Å². The molecule has 0 bridgehead atoms. The lowest BCUT2D eigenvalue weighted by Gasteiger charge is -2.25.